The lowest BCUT2D eigenvalue weighted by atomic mass is 10.0. The van der Waals surface area contributed by atoms with E-state index in [-0.39, 0.29) is 5.41 Å². The Balaban J connectivity index is 1.83. The van der Waals surface area contributed by atoms with Gasteiger partial charge in [0.25, 0.3) is 0 Å². The lowest BCUT2D eigenvalue weighted by Crippen LogP contribution is -2.40. The molecule has 1 amide bonds. The van der Waals surface area contributed by atoms with Gasteiger partial charge >= 0.3 is 0 Å². The molecule has 0 aromatic rings. The van der Waals surface area contributed by atoms with Gasteiger partial charge in [-0.25, -0.2) is 0 Å². The monoisotopic (exact) mass is 196 g/mol. The second-order valence-corrected chi connectivity index (χ2v) is 4.85. The van der Waals surface area contributed by atoms with Crippen LogP contribution in [-0.4, -0.2) is 24.5 Å². The first-order valence-electron chi connectivity index (χ1n) is 5.70. The molecule has 0 bridgehead atoms. The molecule has 1 saturated heterocycles. The Kier molecular flexibility index (Phi) is 2.52. The molecule has 2 atom stereocenters. The second-order valence-electron chi connectivity index (χ2n) is 4.85. The average Bonchev–Trinajstić information content (AvgIpc) is 2.87. The van der Waals surface area contributed by atoms with Gasteiger partial charge in [0.15, 0.2) is 0 Å². The summed E-state index contributed by atoms with van der Waals surface area (Å²) in [6, 6.07) is 0.915. The molecule has 1 aliphatic carbocycles. The molecule has 1 heterocycles. The fourth-order valence-corrected chi connectivity index (χ4v) is 2.28. The van der Waals surface area contributed by atoms with Gasteiger partial charge in [0.2, 0.25) is 5.91 Å². The van der Waals surface area contributed by atoms with Gasteiger partial charge in [-0.1, -0.05) is 6.92 Å². The Morgan fingerprint density at radius 1 is 1.57 bits per heavy atom. The summed E-state index contributed by atoms with van der Waals surface area (Å²) in [6.07, 6.45) is 4.25. The predicted molar refractivity (Wildman–Crippen MR) is 56.0 cm³/mol. The van der Waals surface area contributed by atoms with E-state index in [2.05, 4.69) is 24.5 Å². The zero-order chi connectivity index (χ0) is 10.2. The smallest absolute Gasteiger partial charge is 0.226 e. The first-order chi connectivity index (χ1) is 6.66. The topological polar surface area (TPSA) is 41.1 Å². The average molecular weight is 196 g/mol. The van der Waals surface area contributed by atoms with Crippen molar-refractivity contribution in [2.75, 3.05) is 6.54 Å². The molecule has 2 aliphatic rings. The molecule has 2 rings (SSSR count). The molecular formula is C11H20N2O. The minimum absolute atomic E-state index is 0.0197. The molecule has 2 N–H and O–H groups in total. The van der Waals surface area contributed by atoms with Gasteiger partial charge in [-0.2, -0.15) is 0 Å². The normalized spacial score (nSPS) is 34.1. The van der Waals surface area contributed by atoms with Crippen LogP contribution in [0.5, 0.6) is 0 Å². The lowest BCUT2D eigenvalue weighted by molar-refractivity contribution is -0.127. The van der Waals surface area contributed by atoms with Crippen LogP contribution in [0.4, 0.5) is 0 Å². The fraction of sp³-hybridized carbons (Fsp3) is 0.909. The van der Waals surface area contributed by atoms with E-state index < -0.39 is 0 Å². The Morgan fingerprint density at radius 3 is 2.71 bits per heavy atom. The quantitative estimate of drug-likeness (QED) is 0.708. The van der Waals surface area contributed by atoms with Crippen molar-refractivity contribution in [3.05, 3.63) is 0 Å². The number of rotatable bonds is 3. The lowest BCUT2D eigenvalue weighted by Gasteiger charge is -2.17. The fourth-order valence-electron chi connectivity index (χ4n) is 2.28. The highest BCUT2D eigenvalue weighted by atomic mass is 16.2. The highest BCUT2D eigenvalue weighted by molar-refractivity contribution is 5.85. The van der Waals surface area contributed by atoms with Crippen molar-refractivity contribution in [1.82, 2.24) is 10.6 Å². The van der Waals surface area contributed by atoms with E-state index >= 15 is 0 Å². The van der Waals surface area contributed by atoms with E-state index in [1.54, 1.807) is 0 Å². The SMILES string of the molecule is CCC1(C(=O)NC2CNC(C)C2)CC1. The highest BCUT2D eigenvalue weighted by Crippen LogP contribution is 2.48. The van der Waals surface area contributed by atoms with E-state index in [1.165, 1.54) is 0 Å². The summed E-state index contributed by atoms with van der Waals surface area (Å²) in [5, 5.41) is 6.51. The highest BCUT2D eigenvalue weighted by Gasteiger charge is 2.48. The summed E-state index contributed by atoms with van der Waals surface area (Å²) in [5.74, 6) is 0.293. The van der Waals surface area contributed by atoms with Gasteiger partial charge in [-0.3, -0.25) is 4.79 Å². The molecule has 80 valence electrons. The largest absolute Gasteiger partial charge is 0.352 e. The van der Waals surface area contributed by atoms with Crippen LogP contribution >= 0.6 is 0 Å². The minimum Gasteiger partial charge on any atom is -0.352 e. The first-order valence-corrected chi connectivity index (χ1v) is 5.70. The van der Waals surface area contributed by atoms with Gasteiger partial charge < -0.3 is 10.6 Å². The Hall–Kier alpha value is -0.570. The molecule has 3 heteroatoms. The first kappa shape index (κ1) is 9.97. The van der Waals surface area contributed by atoms with Crippen molar-refractivity contribution in [2.24, 2.45) is 5.41 Å². The number of nitrogens with one attached hydrogen (secondary N) is 2. The third kappa shape index (κ3) is 1.78. The Labute approximate surface area is 85.6 Å². The van der Waals surface area contributed by atoms with E-state index in [0.29, 0.717) is 18.0 Å². The Morgan fingerprint density at radius 2 is 2.29 bits per heavy atom. The molecule has 1 saturated carbocycles. The van der Waals surface area contributed by atoms with E-state index in [0.717, 1.165) is 32.2 Å². The van der Waals surface area contributed by atoms with Crippen molar-refractivity contribution in [1.29, 1.82) is 0 Å². The van der Waals surface area contributed by atoms with E-state index in [4.69, 9.17) is 0 Å². The van der Waals surface area contributed by atoms with Crippen molar-refractivity contribution in [3.8, 4) is 0 Å². The van der Waals surface area contributed by atoms with Gasteiger partial charge in [-0.05, 0) is 32.6 Å². The van der Waals surface area contributed by atoms with Crippen LogP contribution in [0.15, 0.2) is 0 Å². The maximum absolute atomic E-state index is 11.9. The van der Waals surface area contributed by atoms with Crippen LogP contribution in [0, 0.1) is 5.41 Å². The van der Waals surface area contributed by atoms with E-state index in [9.17, 15) is 4.79 Å². The van der Waals surface area contributed by atoms with Crippen molar-refractivity contribution >= 4 is 5.91 Å². The molecular weight excluding hydrogens is 176 g/mol. The predicted octanol–water partition coefficient (Wildman–Crippen LogP) is 1.04. The number of hydrogen-bond donors (Lipinski definition) is 2. The summed E-state index contributed by atoms with van der Waals surface area (Å²) in [5.41, 5.74) is 0.0197. The minimum atomic E-state index is 0.0197. The third-order valence-electron chi connectivity index (χ3n) is 3.70. The molecule has 1 aliphatic heterocycles. The van der Waals surface area contributed by atoms with Crippen LogP contribution in [0.25, 0.3) is 0 Å². The standard InChI is InChI=1S/C11H20N2O/c1-3-11(4-5-11)10(14)13-9-6-8(2)12-7-9/h8-9,12H,3-7H2,1-2H3,(H,13,14). The maximum atomic E-state index is 11.9. The molecule has 2 unspecified atom stereocenters. The second kappa shape index (κ2) is 3.54. The van der Waals surface area contributed by atoms with Crippen molar-refractivity contribution < 1.29 is 4.79 Å². The van der Waals surface area contributed by atoms with Crippen LogP contribution in [0.3, 0.4) is 0 Å². The van der Waals surface area contributed by atoms with Crippen LogP contribution < -0.4 is 10.6 Å². The summed E-state index contributed by atoms with van der Waals surface area (Å²) in [6.45, 7) is 5.22. The number of carbonyl (C=O) groups excluding carboxylic acids is 1. The zero-order valence-corrected chi connectivity index (χ0v) is 9.10. The zero-order valence-electron chi connectivity index (χ0n) is 9.10. The summed E-state index contributed by atoms with van der Waals surface area (Å²) >= 11 is 0. The van der Waals surface area contributed by atoms with Gasteiger partial charge in [0.05, 0.1) is 0 Å². The van der Waals surface area contributed by atoms with Crippen LogP contribution in [0.1, 0.15) is 39.5 Å². The molecule has 0 aromatic heterocycles. The van der Waals surface area contributed by atoms with Gasteiger partial charge in [0.1, 0.15) is 0 Å². The van der Waals surface area contributed by atoms with E-state index in [1.807, 2.05) is 0 Å². The van der Waals surface area contributed by atoms with Gasteiger partial charge in [0, 0.05) is 24.0 Å². The number of amides is 1. The van der Waals surface area contributed by atoms with Gasteiger partial charge in [-0.15, -0.1) is 0 Å². The number of hydrogen-bond acceptors (Lipinski definition) is 2. The maximum Gasteiger partial charge on any atom is 0.226 e. The molecule has 0 spiro atoms. The van der Waals surface area contributed by atoms with Crippen LogP contribution in [0.2, 0.25) is 0 Å². The number of carbonyl (C=O) groups is 1. The third-order valence-corrected chi connectivity index (χ3v) is 3.70. The summed E-state index contributed by atoms with van der Waals surface area (Å²) in [4.78, 5) is 11.9. The summed E-state index contributed by atoms with van der Waals surface area (Å²) < 4.78 is 0. The Bertz CT molecular complexity index is 235. The molecule has 14 heavy (non-hydrogen) atoms. The van der Waals surface area contributed by atoms with Crippen molar-refractivity contribution in [3.63, 3.8) is 0 Å². The van der Waals surface area contributed by atoms with Crippen molar-refractivity contribution in [2.45, 2.75) is 51.6 Å². The molecule has 0 aromatic carbocycles. The summed E-state index contributed by atoms with van der Waals surface area (Å²) in [7, 11) is 0. The van der Waals surface area contributed by atoms with Crippen LogP contribution in [-0.2, 0) is 4.79 Å². The molecule has 2 fully saturated rings. The molecule has 3 nitrogen and oxygen atoms in total. The molecule has 0 radical (unpaired) electrons.